The summed E-state index contributed by atoms with van der Waals surface area (Å²) >= 11 is 1.45. The number of benzene rings is 1. The number of carbonyl (C=O) groups excluding carboxylic acids is 3. The highest BCUT2D eigenvalue weighted by atomic mass is 32.1. The van der Waals surface area contributed by atoms with Crippen molar-refractivity contribution < 1.29 is 14.4 Å². The van der Waals surface area contributed by atoms with E-state index in [1.54, 1.807) is 34.5 Å². The van der Waals surface area contributed by atoms with Crippen LogP contribution in [0, 0.1) is 0 Å². The number of hydrogen-bond donors (Lipinski definition) is 2. The minimum Gasteiger partial charge on any atom is -0.327 e. The van der Waals surface area contributed by atoms with Crippen LogP contribution in [0.15, 0.2) is 35.0 Å². The lowest BCUT2D eigenvalue weighted by Gasteiger charge is -2.20. The second-order valence-corrected chi connectivity index (χ2v) is 6.65. The van der Waals surface area contributed by atoms with Crippen LogP contribution < -0.4 is 10.6 Å². The zero-order valence-corrected chi connectivity index (χ0v) is 13.6. The van der Waals surface area contributed by atoms with Gasteiger partial charge in [-0.05, 0) is 42.5 Å². The Morgan fingerprint density at radius 3 is 2.96 bits per heavy atom. The quantitative estimate of drug-likeness (QED) is 0.881. The molecule has 24 heavy (non-hydrogen) atoms. The second kappa shape index (κ2) is 5.76. The Kier molecular flexibility index (Phi) is 3.57. The zero-order valence-electron chi connectivity index (χ0n) is 12.7. The van der Waals surface area contributed by atoms with E-state index in [0.717, 1.165) is 6.42 Å². The summed E-state index contributed by atoms with van der Waals surface area (Å²) in [7, 11) is 0. The number of amides is 3. The lowest BCUT2D eigenvalue weighted by molar-refractivity contribution is -0.119. The van der Waals surface area contributed by atoms with E-state index in [1.807, 2.05) is 5.38 Å². The van der Waals surface area contributed by atoms with Gasteiger partial charge in [-0.25, -0.2) is 0 Å². The third kappa shape index (κ3) is 2.46. The molecule has 3 amide bonds. The van der Waals surface area contributed by atoms with Gasteiger partial charge in [-0.3, -0.25) is 14.4 Å². The molecule has 0 saturated carbocycles. The third-order valence-corrected chi connectivity index (χ3v) is 5.05. The molecule has 2 aliphatic rings. The summed E-state index contributed by atoms with van der Waals surface area (Å²) in [5.74, 6) is -0.535. The zero-order chi connectivity index (χ0) is 16.7. The van der Waals surface area contributed by atoms with Crippen molar-refractivity contribution >= 4 is 40.4 Å². The first-order valence-corrected chi connectivity index (χ1v) is 8.67. The molecular formula is C17H15N3O3S. The lowest BCUT2D eigenvalue weighted by atomic mass is 10.1. The number of nitrogens with one attached hydrogen (secondary N) is 2. The summed E-state index contributed by atoms with van der Waals surface area (Å²) in [6.45, 7) is 0.585. The molecule has 2 aromatic rings. The van der Waals surface area contributed by atoms with Gasteiger partial charge in [0.05, 0.1) is 16.8 Å². The summed E-state index contributed by atoms with van der Waals surface area (Å²) < 4.78 is 0. The molecule has 1 aromatic carbocycles. The molecule has 1 aromatic heterocycles. The molecule has 3 heterocycles. The van der Waals surface area contributed by atoms with Crippen LogP contribution in [-0.4, -0.2) is 35.2 Å². The highest BCUT2D eigenvalue weighted by molar-refractivity contribution is 7.08. The number of hydrogen-bond acceptors (Lipinski definition) is 4. The maximum absolute atomic E-state index is 12.8. The molecule has 0 bridgehead atoms. The van der Waals surface area contributed by atoms with Crippen molar-refractivity contribution in [2.24, 2.45) is 0 Å². The Morgan fingerprint density at radius 2 is 2.17 bits per heavy atom. The number of fused-ring (bicyclic) bond motifs is 2. The van der Waals surface area contributed by atoms with Crippen LogP contribution in [0.25, 0.3) is 0 Å². The van der Waals surface area contributed by atoms with Gasteiger partial charge in [-0.1, -0.05) is 0 Å². The van der Waals surface area contributed by atoms with Gasteiger partial charge in [-0.15, -0.1) is 0 Å². The van der Waals surface area contributed by atoms with Crippen molar-refractivity contribution in [3.8, 4) is 0 Å². The van der Waals surface area contributed by atoms with E-state index in [-0.39, 0.29) is 17.7 Å². The maximum atomic E-state index is 12.8. The molecule has 7 heteroatoms. The molecule has 2 aliphatic heterocycles. The topological polar surface area (TPSA) is 78.5 Å². The average Bonchev–Trinajstić information content (AvgIpc) is 3.25. The summed E-state index contributed by atoms with van der Waals surface area (Å²) in [6, 6.07) is 6.32. The molecule has 1 atom stereocenters. The minimum absolute atomic E-state index is 0.144. The largest absolute Gasteiger partial charge is 0.327 e. The predicted octanol–water partition coefficient (Wildman–Crippen LogP) is 2.56. The highest BCUT2D eigenvalue weighted by Crippen LogP contribution is 2.30. The second-order valence-electron chi connectivity index (χ2n) is 5.87. The van der Waals surface area contributed by atoms with Crippen LogP contribution in [0.3, 0.4) is 0 Å². The summed E-state index contributed by atoms with van der Waals surface area (Å²) in [5, 5.41) is 9.21. The highest BCUT2D eigenvalue weighted by Gasteiger charge is 2.38. The Balaban J connectivity index is 1.65. The average molecular weight is 341 g/mol. The monoisotopic (exact) mass is 341 g/mol. The van der Waals surface area contributed by atoms with Crippen LogP contribution in [-0.2, 0) is 4.79 Å². The maximum Gasteiger partial charge on any atom is 0.256 e. The van der Waals surface area contributed by atoms with Gasteiger partial charge >= 0.3 is 0 Å². The van der Waals surface area contributed by atoms with Gasteiger partial charge < -0.3 is 15.5 Å². The molecule has 1 saturated heterocycles. The van der Waals surface area contributed by atoms with E-state index in [1.165, 1.54) is 11.3 Å². The number of nitrogens with zero attached hydrogens (tertiary/aromatic N) is 1. The van der Waals surface area contributed by atoms with Crippen molar-refractivity contribution in [3.05, 3.63) is 46.2 Å². The Bertz CT molecular complexity index is 832. The molecule has 0 unspecified atom stereocenters. The normalized spacial score (nSPS) is 19.3. The van der Waals surface area contributed by atoms with Crippen molar-refractivity contribution in [2.75, 3.05) is 17.2 Å². The number of anilines is 2. The fraction of sp³-hybridized carbons (Fsp3) is 0.235. The molecule has 2 N–H and O–H groups in total. The van der Waals surface area contributed by atoms with Gasteiger partial charge in [0, 0.05) is 17.6 Å². The standard InChI is InChI=1S/C17H15N3O3S/c21-15(10-5-7-24-9-10)18-11-3-4-13-12(8-11)17(23)20-6-1-2-14(20)16(22)19-13/h3-5,7-9,14H,1-2,6H2,(H,18,21)(H,19,22)/t14-/m1/s1. The summed E-state index contributed by atoms with van der Waals surface area (Å²) in [6.07, 6.45) is 1.51. The number of rotatable bonds is 2. The van der Waals surface area contributed by atoms with E-state index in [2.05, 4.69) is 10.6 Å². The first-order valence-electron chi connectivity index (χ1n) is 7.73. The molecule has 0 radical (unpaired) electrons. The van der Waals surface area contributed by atoms with Crippen LogP contribution in [0.5, 0.6) is 0 Å². The molecule has 4 rings (SSSR count). The van der Waals surface area contributed by atoms with Gasteiger partial charge in [0.25, 0.3) is 11.8 Å². The minimum atomic E-state index is -0.395. The Labute approximate surface area is 142 Å². The van der Waals surface area contributed by atoms with Gasteiger partial charge in [0.15, 0.2) is 0 Å². The SMILES string of the molecule is O=C(Nc1ccc2c(c1)C(=O)N1CCC[C@@H]1C(=O)N2)c1ccsc1. The number of thiophene rings is 1. The van der Waals surface area contributed by atoms with E-state index in [0.29, 0.717) is 35.5 Å². The first-order chi connectivity index (χ1) is 11.6. The molecule has 0 spiro atoms. The van der Waals surface area contributed by atoms with Crippen LogP contribution in [0.1, 0.15) is 33.6 Å². The van der Waals surface area contributed by atoms with Crippen LogP contribution in [0.2, 0.25) is 0 Å². The fourth-order valence-corrected chi connectivity index (χ4v) is 3.79. The molecule has 1 fully saturated rings. The third-order valence-electron chi connectivity index (χ3n) is 4.37. The van der Waals surface area contributed by atoms with Crippen LogP contribution in [0.4, 0.5) is 11.4 Å². The summed E-state index contributed by atoms with van der Waals surface area (Å²) in [5.41, 5.74) is 2.02. The van der Waals surface area contributed by atoms with Crippen molar-refractivity contribution in [1.29, 1.82) is 0 Å². The molecule has 122 valence electrons. The van der Waals surface area contributed by atoms with Crippen molar-refractivity contribution in [2.45, 2.75) is 18.9 Å². The van der Waals surface area contributed by atoms with Gasteiger partial charge in [0.1, 0.15) is 6.04 Å². The van der Waals surface area contributed by atoms with E-state index in [9.17, 15) is 14.4 Å². The molecule has 6 nitrogen and oxygen atoms in total. The van der Waals surface area contributed by atoms with E-state index < -0.39 is 6.04 Å². The fourth-order valence-electron chi connectivity index (χ4n) is 3.16. The van der Waals surface area contributed by atoms with Crippen molar-refractivity contribution in [3.63, 3.8) is 0 Å². The van der Waals surface area contributed by atoms with Gasteiger partial charge in [0.2, 0.25) is 5.91 Å². The van der Waals surface area contributed by atoms with Gasteiger partial charge in [-0.2, -0.15) is 11.3 Å². The first kappa shape index (κ1) is 14.9. The predicted molar refractivity (Wildman–Crippen MR) is 91.4 cm³/mol. The van der Waals surface area contributed by atoms with E-state index >= 15 is 0 Å². The van der Waals surface area contributed by atoms with E-state index in [4.69, 9.17) is 0 Å². The smallest absolute Gasteiger partial charge is 0.256 e. The van der Waals surface area contributed by atoms with Crippen molar-refractivity contribution in [1.82, 2.24) is 4.90 Å². The Morgan fingerprint density at radius 1 is 1.29 bits per heavy atom. The lowest BCUT2D eigenvalue weighted by Crippen LogP contribution is -2.40. The molecular weight excluding hydrogens is 326 g/mol. The summed E-state index contributed by atoms with van der Waals surface area (Å²) in [4.78, 5) is 38.8. The van der Waals surface area contributed by atoms with Crippen LogP contribution >= 0.6 is 11.3 Å². The molecule has 0 aliphatic carbocycles. The Hall–Kier alpha value is -2.67. The number of carbonyl (C=O) groups is 3.